The van der Waals surface area contributed by atoms with Crippen molar-refractivity contribution in [2.75, 3.05) is 56.2 Å². The summed E-state index contributed by atoms with van der Waals surface area (Å²) in [7, 11) is 1.48. The quantitative estimate of drug-likeness (QED) is 0.699. The predicted octanol–water partition coefficient (Wildman–Crippen LogP) is 0.925. The van der Waals surface area contributed by atoms with Gasteiger partial charge in [-0.1, -0.05) is 0 Å². The van der Waals surface area contributed by atoms with Crippen molar-refractivity contribution < 1.29 is 37.1 Å². The van der Waals surface area contributed by atoms with Crippen molar-refractivity contribution in [2.45, 2.75) is 12.5 Å². The number of rotatable bonds is 5. The van der Waals surface area contributed by atoms with E-state index in [1.54, 1.807) is 4.90 Å². The normalized spacial score (nSPS) is 19.3. The lowest BCUT2D eigenvalue weighted by Crippen LogP contribution is -2.39. The average Bonchev–Trinajstić information content (AvgIpc) is 2.95. The second kappa shape index (κ2) is 9.73. The lowest BCUT2D eigenvalue weighted by atomic mass is 10.2. The fraction of sp³-hybridized carbons (Fsp3) is 0.500. The van der Waals surface area contributed by atoms with Crippen molar-refractivity contribution in [1.29, 1.82) is 0 Å². The van der Waals surface area contributed by atoms with Gasteiger partial charge in [0.25, 0.3) is 5.91 Å². The smallest absolute Gasteiger partial charge is 0.414 e. The van der Waals surface area contributed by atoms with Crippen LogP contribution in [0.4, 0.5) is 34.1 Å². The number of cyclic esters (lactones) is 1. The van der Waals surface area contributed by atoms with Gasteiger partial charge in [-0.15, -0.1) is 0 Å². The molecular formula is C18H22F3N5O5. The Balaban J connectivity index is 1.63. The summed E-state index contributed by atoms with van der Waals surface area (Å²) in [5.41, 5.74) is 0.506. The maximum Gasteiger partial charge on any atom is 0.414 e. The van der Waals surface area contributed by atoms with Crippen LogP contribution in [0.5, 0.6) is 0 Å². The van der Waals surface area contributed by atoms with Crippen LogP contribution >= 0.6 is 0 Å². The van der Waals surface area contributed by atoms with E-state index in [2.05, 4.69) is 5.32 Å². The predicted molar refractivity (Wildman–Crippen MR) is 102 cm³/mol. The van der Waals surface area contributed by atoms with E-state index >= 15 is 0 Å². The first-order valence-corrected chi connectivity index (χ1v) is 9.50. The zero-order valence-corrected chi connectivity index (χ0v) is 16.6. The molecule has 0 saturated carbocycles. The van der Waals surface area contributed by atoms with Crippen LogP contribution in [0.25, 0.3) is 0 Å². The Labute approximate surface area is 175 Å². The lowest BCUT2D eigenvalue weighted by Gasteiger charge is -2.23. The molecule has 170 valence electrons. The number of hydrogen-bond acceptors (Lipinski definition) is 6. The second-order valence-electron chi connectivity index (χ2n) is 6.78. The van der Waals surface area contributed by atoms with Gasteiger partial charge < -0.3 is 20.3 Å². The van der Waals surface area contributed by atoms with Crippen molar-refractivity contribution in [3.63, 3.8) is 0 Å². The summed E-state index contributed by atoms with van der Waals surface area (Å²) in [6.45, 7) is 0.786. The monoisotopic (exact) mass is 445 g/mol. The molecule has 2 N–H and O–H groups in total. The first kappa shape index (κ1) is 22.5. The summed E-state index contributed by atoms with van der Waals surface area (Å²) in [5, 5.41) is 5.61. The summed E-state index contributed by atoms with van der Waals surface area (Å²) < 4.78 is 44.4. The van der Waals surface area contributed by atoms with Gasteiger partial charge in [0, 0.05) is 20.1 Å². The third kappa shape index (κ3) is 5.29. The molecule has 10 nitrogen and oxygen atoms in total. The van der Waals surface area contributed by atoms with Gasteiger partial charge in [0.2, 0.25) is 0 Å². The highest BCUT2D eigenvalue weighted by atomic mass is 19.3. The highest BCUT2D eigenvalue weighted by Crippen LogP contribution is 2.28. The number of ether oxygens (including phenoxy) is 1. The molecule has 2 aliphatic rings. The minimum absolute atomic E-state index is 0.0280. The molecule has 31 heavy (non-hydrogen) atoms. The van der Waals surface area contributed by atoms with Gasteiger partial charge in [0.05, 0.1) is 37.6 Å². The van der Waals surface area contributed by atoms with Crippen LogP contribution in [0.3, 0.4) is 0 Å². The SMILES string of the molecule is CNC(=O)N1CCN(c2ccc(N3C[C@H](CNC(=O)C(F)F)OC3=O)cc2F)CCO1. The van der Waals surface area contributed by atoms with Crippen molar-refractivity contribution in [3.05, 3.63) is 24.0 Å². The van der Waals surface area contributed by atoms with Gasteiger partial charge in [0.15, 0.2) is 0 Å². The van der Waals surface area contributed by atoms with E-state index in [1.165, 1.54) is 30.3 Å². The van der Waals surface area contributed by atoms with Crippen LogP contribution < -0.4 is 20.4 Å². The molecule has 0 spiro atoms. The zero-order chi connectivity index (χ0) is 22.5. The molecule has 0 radical (unpaired) electrons. The Bertz CT molecular complexity index is 843. The van der Waals surface area contributed by atoms with Crippen molar-refractivity contribution in [1.82, 2.24) is 15.7 Å². The van der Waals surface area contributed by atoms with E-state index < -0.39 is 36.4 Å². The maximum absolute atomic E-state index is 14.8. The number of carbonyl (C=O) groups is 3. The topological polar surface area (TPSA) is 103 Å². The van der Waals surface area contributed by atoms with E-state index in [1.807, 2.05) is 5.32 Å². The highest BCUT2D eigenvalue weighted by molar-refractivity contribution is 5.90. The fourth-order valence-electron chi connectivity index (χ4n) is 3.23. The number of benzene rings is 1. The van der Waals surface area contributed by atoms with Crippen molar-refractivity contribution in [3.8, 4) is 0 Å². The number of nitrogens with zero attached hydrogens (tertiary/aromatic N) is 3. The van der Waals surface area contributed by atoms with E-state index in [-0.39, 0.29) is 37.6 Å². The summed E-state index contributed by atoms with van der Waals surface area (Å²) in [6, 6.07) is 3.80. The van der Waals surface area contributed by atoms with Crippen LogP contribution in [0, 0.1) is 5.82 Å². The van der Waals surface area contributed by atoms with Crippen LogP contribution in [-0.2, 0) is 14.4 Å². The zero-order valence-electron chi connectivity index (χ0n) is 16.6. The number of anilines is 2. The van der Waals surface area contributed by atoms with Crippen molar-refractivity contribution >= 4 is 29.4 Å². The largest absolute Gasteiger partial charge is 0.442 e. The first-order chi connectivity index (χ1) is 14.8. The van der Waals surface area contributed by atoms with E-state index in [9.17, 15) is 27.6 Å². The number of halogens is 3. The average molecular weight is 445 g/mol. The third-order valence-electron chi connectivity index (χ3n) is 4.78. The summed E-state index contributed by atoms with van der Waals surface area (Å²) in [6.07, 6.45) is -4.77. The van der Waals surface area contributed by atoms with E-state index in [0.29, 0.717) is 13.1 Å². The molecule has 1 aromatic carbocycles. The maximum atomic E-state index is 14.8. The van der Waals surface area contributed by atoms with Crippen LogP contribution in [0.1, 0.15) is 0 Å². The van der Waals surface area contributed by atoms with Crippen LogP contribution in [0.15, 0.2) is 18.2 Å². The standard InChI is InChI=1S/C18H22F3N5O5/c1-22-17(28)26-5-4-24(6-7-30-26)14-3-2-11(8-13(14)19)25-10-12(31-18(25)29)9-23-16(27)15(20)21/h2-3,8,12,15H,4-7,9-10H2,1H3,(H,22,28)(H,23,27)/t12-/m0/s1. The minimum atomic E-state index is -3.16. The summed E-state index contributed by atoms with van der Waals surface area (Å²) >= 11 is 0. The molecule has 3 rings (SSSR count). The highest BCUT2D eigenvalue weighted by Gasteiger charge is 2.33. The van der Waals surface area contributed by atoms with Gasteiger partial charge in [-0.05, 0) is 18.2 Å². The van der Waals surface area contributed by atoms with Gasteiger partial charge in [0.1, 0.15) is 11.9 Å². The molecule has 1 atom stereocenters. The van der Waals surface area contributed by atoms with Gasteiger partial charge in [-0.25, -0.2) is 19.0 Å². The molecule has 13 heteroatoms. The number of amides is 4. The number of hydroxylamine groups is 2. The van der Waals surface area contributed by atoms with Gasteiger partial charge >= 0.3 is 18.5 Å². The molecule has 2 aliphatic heterocycles. The van der Waals surface area contributed by atoms with Crippen LogP contribution in [-0.4, -0.2) is 82.0 Å². The molecule has 0 unspecified atom stereocenters. The van der Waals surface area contributed by atoms with Gasteiger partial charge in [-0.3, -0.25) is 14.5 Å². The molecule has 1 aromatic rings. The lowest BCUT2D eigenvalue weighted by molar-refractivity contribution is -0.132. The molecule has 0 aliphatic carbocycles. The molecule has 2 fully saturated rings. The number of nitrogens with one attached hydrogen (secondary N) is 2. The molecule has 0 aromatic heterocycles. The number of urea groups is 1. The number of hydrogen-bond donors (Lipinski definition) is 2. The fourth-order valence-corrected chi connectivity index (χ4v) is 3.23. The molecule has 0 bridgehead atoms. The van der Waals surface area contributed by atoms with Gasteiger partial charge in [-0.2, -0.15) is 8.78 Å². The third-order valence-corrected chi connectivity index (χ3v) is 4.78. The first-order valence-electron chi connectivity index (χ1n) is 9.50. The van der Waals surface area contributed by atoms with E-state index in [0.717, 1.165) is 4.90 Å². The van der Waals surface area contributed by atoms with Crippen molar-refractivity contribution in [2.24, 2.45) is 0 Å². The Morgan fingerprint density at radius 1 is 1.26 bits per heavy atom. The second-order valence-corrected chi connectivity index (χ2v) is 6.78. The number of alkyl halides is 2. The van der Waals surface area contributed by atoms with E-state index in [4.69, 9.17) is 9.57 Å². The molecule has 4 amide bonds. The Kier molecular flexibility index (Phi) is 7.05. The molecular weight excluding hydrogens is 423 g/mol. The minimum Gasteiger partial charge on any atom is -0.442 e. The Hall–Kier alpha value is -3.22. The Morgan fingerprint density at radius 2 is 2.03 bits per heavy atom. The molecule has 2 heterocycles. The Morgan fingerprint density at radius 3 is 2.71 bits per heavy atom. The summed E-state index contributed by atoms with van der Waals surface area (Å²) in [4.78, 5) is 42.9. The number of carbonyl (C=O) groups excluding carboxylic acids is 3. The summed E-state index contributed by atoms with van der Waals surface area (Å²) in [5.74, 6) is -2.05. The van der Waals surface area contributed by atoms with Crippen LogP contribution in [0.2, 0.25) is 0 Å². The molecule has 2 saturated heterocycles.